The van der Waals surface area contributed by atoms with Crippen molar-refractivity contribution in [3.8, 4) is 28.8 Å². The molecule has 6 rings (SSSR count). The SMILES string of the molecule is CC#Cc1nc(-c2cc(O)cc3ccc(F)cc23)c(F)c2c1C(C1NCCCC1O)=NC(OC)N2[C@H]1CCCN1C. The number of aliphatic hydroxyl groups excluding tert-OH is 1. The highest BCUT2D eigenvalue weighted by Crippen LogP contribution is 2.43. The third-order valence-corrected chi connectivity index (χ3v) is 8.25. The van der Waals surface area contributed by atoms with E-state index in [-0.39, 0.29) is 34.6 Å². The summed E-state index contributed by atoms with van der Waals surface area (Å²) in [6, 6.07) is 6.48. The number of nitrogens with zero attached hydrogens (tertiary/aromatic N) is 4. The van der Waals surface area contributed by atoms with Gasteiger partial charge in [0.2, 0.25) is 6.35 Å². The smallest absolute Gasteiger partial charge is 0.229 e. The number of benzene rings is 2. The number of phenols is 1. The van der Waals surface area contributed by atoms with Crippen LogP contribution in [0.5, 0.6) is 5.75 Å². The van der Waals surface area contributed by atoms with Gasteiger partial charge in [-0.25, -0.2) is 18.8 Å². The van der Waals surface area contributed by atoms with Crippen LogP contribution in [0.4, 0.5) is 14.5 Å². The number of aromatic nitrogens is 1. The average Bonchev–Trinajstić information content (AvgIpc) is 3.39. The number of fused-ring (bicyclic) bond motifs is 2. The number of halogens is 2. The minimum Gasteiger partial charge on any atom is -0.508 e. The maximum atomic E-state index is 17.3. The van der Waals surface area contributed by atoms with Crippen LogP contribution < -0.4 is 10.2 Å². The molecule has 3 aromatic rings. The summed E-state index contributed by atoms with van der Waals surface area (Å²) < 4.78 is 37.6. The third kappa shape index (κ3) is 4.73. The van der Waals surface area contributed by atoms with Crippen molar-refractivity contribution < 1.29 is 23.7 Å². The highest BCUT2D eigenvalue weighted by molar-refractivity contribution is 6.12. The lowest BCUT2D eigenvalue weighted by Crippen LogP contribution is -2.56. The molecule has 2 saturated heterocycles. The van der Waals surface area contributed by atoms with E-state index in [0.717, 1.165) is 25.8 Å². The number of aliphatic hydroxyl groups is 1. The molecule has 8 nitrogen and oxygen atoms in total. The Morgan fingerprint density at radius 2 is 1.98 bits per heavy atom. The zero-order chi connectivity index (χ0) is 28.8. The highest BCUT2D eigenvalue weighted by atomic mass is 19.1. The normalized spacial score (nSPS) is 24.6. The Hall–Kier alpha value is -3.62. The monoisotopic (exact) mass is 561 g/mol. The van der Waals surface area contributed by atoms with Gasteiger partial charge in [0.25, 0.3) is 0 Å². The van der Waals surface area contributed by atoms with Crippen LogP contribution in [0.15, 0.2) is 35.3 Å². The number of aromatic hydroxyl groups is 1. The van der Waals surface area contributed by atoms with Gasteiger partial charge in [-0.2, -0.15) is 0 Å². The number of ether oxygens (including phenoxy) is 1. The maximum Gasteiger partial charge on any atom is 0.229 e. The summed E-state index contributed by atoms with van der Waals surface area (Å²) in [6.45, 7) is 3.17. The quantitative estimate of drug-likeness (QED) is 0.416. The molecule has 4 heterocycles. The second kappa shape index (κ2) is 11.0. The van der Waals surface area contributed by atoms with Crippen molar-refractivity contribution in [2.24, 2.45) is 4.99 Å². The summed E-state index contributed by atoms with van der Waals surface area (Å²) in [5.74, 6) is 4.71. The molecule has 3 aliphatic rings. The molecule has 3 unspecified atom stereocenters. The van der Waals surface area contributed by atoms with Gasteiger partial charge < -0.3 is 25.2 Å². The minimum atomic E-state index is -0.871. The average molecular weight is 562 g/mol. The van der Waals surface area contributed by atoms with Crippen LogP contribution in [-0.4, -0.2) is 77.7 Å². The fourth-order valence-electron chi connectivity index (χ4n) is 6.38. The van der Waals surface area contributed by atoms with E-state index in [4.69, 9.17) is 14.7 Å². The van der Waals surface area contributed by atoms with Crippen LogP contribution in [0.25, 0.3) is 22.0 Å². The fourth-order valence-corrected chi connectivity index (χ4v) is 6.38. The molecule has 0 spiro atoms. The maximum absolute atomic E-state index is 17.3. The van der Waals surface area contributed by atoms with Crippen LogP contribution in [0, 0.1) is 23.5 Å². The number of likely N-dealkylation sites (tertiary alicyclic amines) is 1. The zero-order valence-corrected chi connectivity index (χ0v) is 23.3. The van der Waals surface area contributed by atoms with Crippen molar-refractivity contribution in [2.75, 3.05) is 32.1 Å². The first-order valence-electron chi connectivity index (χ1n) is 13.9. The molecule has 41 heavy (non-hydrogen) atoms. The van der Waals surface area contributed by atoms with Crippen molar-refractivity contribution in [3.63, 3.8) is 0 Å². The number of anilines is 1. The molecule has 214 valence electrons. The number of aliphatic imine (C=N–C) groups is 1. The minimum absolute atomic E-state index is 0.0631. The number of phenolic OH excluding ortho intramolecular Hbond substituents is 1. The highest BCUT2D eigenvalue weighted by Gasteiger charge is 2.44. The first kappa shape index (κ1) is 27.5. The molecule has 1 aromatic heterocycles. The van der Waals surface area contributed by atoms with Crippen molar-refractivity contribution in [1.29, 1.82) is 0 Å². The summed E-state index contributed by atoms with van der Waals surface area (Å²) in [6.07, 6.45) is 1.22. The lowest BCUT2D eigenvalue weighted by Gasteiger charge is -2.44. The molecule has 10 heteroatoms. The molecule has 4 atom stereocenters. The number of hydrogen-bond acceptors (Lipinski definition) is 8. The largest absolute Gasteiger partial charge is 0.508 e. The van der Waals surface area contributed by atoms with Crippen molar-refractivity contribution >= 4 is 22.2 Å². The van der Waals surface area contributed by atoms with Gasteiger partial charge in [0.15, 0.2) is 5.82 Å². The van der Waals surface area contributed by atoms with E-state index < -0.39 is 30.1 Å². The topological polar surface area (TPSA) is 93.5 Å². The van der Waals surface area contributed by atoms with Gasteiger partial charge in [-0.15, -0.1) is 0 Å². The van der Waals surface area contributed by atoms with Gasteiger partial charge >= 0.3 is 0 Å². The predicted octanol–water partition coefficient (Wildman–Crippen LogP) is 3.96. The van der Waals surface area contributed by atoms with Gasteiger partial charge in [-0.3, -0.25) is 4.90 Å². The van der Waals surface area contributed by atoms with E-state index in [1.807, 2.05) is 11.9 Å². The lowest BCUT2D eigenvalue weighted by atomic mass is 9.88. The molecule has 2 aromatic carbocycles. The molecular formula is C31H33F2N5O3. The Morgan fingerprint density at radius 3 is 2.68 bits per heavy atom. The van der Waals surface area contributed by atoms with Crippen LogP contribution in [0.1, 0.15) is 43.9 Å². The molecular weight excluding hydrogens is 528 g/mol. The van der Waals surface area contributed by atoms with Gasteiger partial charge in [0.1, 0.15) is 23.0 Å². The van der Waals surface area contributed by atoms with E-state index in [1.54, 1.807) is 13.0 Å². The van der Waals surface area contributed by atoms with Gasteiger partial charge in [-0.1, -0.05) is 12.0 Å². The Kier molecular flexibility index (Phi) is 7.38. The molecule has 0 amide bonds. The van der Waals surface area contributed by atoms with E-state index >= 15 is 4.39 Å². The third-order valence-electron chi connectivity index (χ3n) is 8.25. The Morgan fingerprint density at radius 1 is 1.15 bits per heavy atom. The van der Waals surface area contributed by atoms with E-state index in [2.05, 4.69) is 22.1 Å². The second-order valence-electron chi connectivity index (χ2n) is 10.8. The number of piperidine rings is 1. The van der Waals surface area contributed by atoms with Gasteiger partial charge in [-0.05, 0) is 93.7 Å². The molecule has 0 saturated carbocycles. The van der Waals surface area contributed by atoms with Crippen molar-refractivity contribution in [3.05, 3.63) is 53.2 Å². The van der Waals surface area contributed by atoms with Gasteiger partial charge in [0.05, 0.1) is 35.3 Å². The van der Waals surface area contributed by atoms with Gasteiger partial charge in [0, 0.05) is 12.7 Å². The van der Waals surface area contributed by atoms with Crippen molar-refractivity contribution in [1.82, 2.24) is 15.2 Å². The van der Waals surface area contributed by atoms with E-state index in [0.29, 0.717) is 35.0 Å². The standard InChI is InChI=1S/C31H33F2N5O3/c1-4-7-22-25-29(28-23(40)8-5-12-34-28)36-31(41-3)38(24-9-6-13-37(24)2)30(25)26(33)27(35-22)21-16-19(39)14-17-10-11-18(32)15-20(17)21/h10-11,14-16,23-24,28,31,34,39-40H,5-6,8-9,12-13H2,1-3H3/t23?,24-,28?,31?/m0/s1. The number of rotatable bonds is 4. The van der Waals surface area contributed by atoms with Crippen molar-refractivity contribution in [2.45, 2.75) is 57.3 Å². The number of nitrogens with one attached hydrogen (secondary N) is 1. The first-order valence-corrected chi connectivity index (χ1v) is 13.9. The molecule has 2 fully saturated rings. The summed E-state index contributed by atoms with van der Waals surface area (Å²) in [5, 5.41) is 25.9. The number of pyridine rings is 1. The van der Waals surface area contributed by atoms with Crippen LogP contribution >= 0.6 is 0 Å². The Balaban J connectivity index is 1.69. The Bertz CT molecular complexity index is 1600. The summed E-state index contributed by atoms with van der Waals surface area (Å²) in [5.41, 5.74) is 1.53. The van der Waals surface area contributed by atoms with Crippen LogP contribution in [-0.2, 0) is 4.74 Å². The summed E-state index contributed by atoms with van der Waals surface area (Å²) in [4.78, 5) is 13.6. The summed E-state index contributed by atoms with van der Waals surface area (Å²) in [7, 11) is 3.51. The number of methoxy groups -OCH3 is 1. The summed E-state index contributed by atoms with van der Waals surface area (Å²) >= 11 is 0. The Labute approximate surface area is 237 Å². The molecule has 0 aliphatic carbocycles. The fraction of sp³-hybridized carbons (Fsp3) is 0.419. The van der Waals surface area contributed by atoms with E-state index in [1.165, 1.54) is 31.4 Å². The lowest BCUT2D eigenvalue weighted by molar-refractivity contribution is 0.0789. The second-order valence-corrected chi connectivity index (χ2v) is 10.8. The zero-order valence-electron chi connectivity index (χ0n) is 23.3. The molecule has 0 radical (unpaired) electrons. The number of hydrogen-bond donors (Lipinski definition) is 3. The van der Waals surface area contributed by atoms with Crippen LogP contribution in [0.2, 0.25) is 0 Å². The molecule has 3 N–H and O–H groups in total. The molecule has 0 bridgehead atoms. The van der Waals surface area contributed by atoms with E-state index in [9.17, 15) is 14.6 Å². The molecule has 3 aliphatic heterocycles. The predicted molar refractivity (Wildman–Crippen MR) is 154 cm³/mol. The van der Waals surface area contributed by atoms with Crippen LogP contribution in [0.3, 0.4) is 0 Å². The first-order chi connectivity index (χ1) is 19.8.